The van der Waals surface area contributed by atoms with Crippen LogP contribution in [0, 0.1) is 6.92 Å². The maximum Gasteiger partial charge on any atom is 0.418 e. The van der Waals surface area contributed by atoms with Gasteiger partial charge in [-0.2, -0.15) is 18.3 Å². The lowest BCUT2D eigenvalue weighted by Crippen LogP contribution is -2.27. The standard InChI is InChI=1S/C22H19F3N4O4/c1-13-11-18(30)20(28-29(13)17-6-4-3-5-16(17)22(23,24)25)21(32)27-15-9-7-14(8-10-15)26-19(31)12-33-2/h3-11H,12H2,1-2H3,(H,26,31)(H,27,32). The van der Waals surface area contributed by atoms with Gasteiger partial charge in [0.15, 0.2) is 5.69 Å². The Bertz CT molecular complexity index is 1240. The number of aryl methyl sites for hydroxylation is 1. The first-order valence-corrected chi connectivity index (χ1v) is 9.58. The van der Waals surface area contributed by atoms with E-state index in [9.17, 15) is 27.6 Å². The first-order chi connectivity index (χ1) is 15.6. The second-order valence-electron chi connectivity index (χ2n) is 6.94. The van der Waals surface area contributed by atoms with E-state index in [1.54, 1.807) is 0 Å². The summed E-state index contributed by atoms with van der Waals surface area (Å²) in [6.45, 7) is 1.29. The number of nitrogens with one attached hydrogen (secondary N) is 2. The number of carbonyl (C=O) groups excluding carboxylic acids is 2. The Morgan fingerprint density at radius 1 is 1.03 bits per heavy atom. The van der Waals surface area contributed by atoms with Gasteiger partial charge in [0.25, 0.3) is 5.91 Å². The molecule has 172 valence electrons. The molecule has 0 saturated heterocycles. The number of alkyl halides is 3. The van der Waals surface area contributed by atoms with Crippen molar-refractivity contribution < 1.29 is 27.5 Å². The van der Waals surface area contributed by atoms with Crippen LogP contribution in [0.1, 0.15) is 21.7 Å². The number of hydrogen-bond donors (Lipinski definition) is 2. The molecule has 0 atom stereocenters. The summed E-state index contributed by atoms with van der Waals surface area (Å²) in [7, 11) is 1.38. The summed E-state index contributed by atoms with van der Waals surface area (Å²) in [5, 5.41) is 8.96. The van der Waals surface area contributed by atoms with E-state index < -0.39 is 28.8 Å². The Morgan fingerprint density at radius 2 is 1.64 bits per heavy atom. The summed E-state index contributed by atoms with van der Waals surface area (Å²) in [6, 6.07) is 11.8. The summed E-state index contributed by atoms with van der Waals surface area (Å²) in [5.74, 6) is -1.26. The molecule has 0 saturated carbocycles. The molecule has 0 aliphatic heterocycles. The number of carbonyl (C=O) groups is 2. The number of methoxy groups -OCH3 is 1. The lowest BCUT2D eigenvalue weighted by molar-refractivity contribution is -0.137. The summed E-state index contributed by atoms with van der Waals surface area (Å²) in [4.78, 5) is 36.6. The predicted molar refractivity (Wildman–Crippen MR) is 114 cm³/mol. The average Bonchev–Trinajstić information content (AvgIpc) is 2.75. The monoisotopic (exact) mass is 460 g/mol. The van der Waals surface area contributed by atoms with Gasteiger partial charge in [0.1, 0.15) is 6.61 Å². The molecular formula is C22H19F3N4O4. The average molecular weight is 460 g/mol. The van der Waals surface area contributed by atoms with Crippen molar-refractivity contribution in [2.24, 2.45) is 0 Å². The van der Waals surface area contributed by atoms with Crippen LogP contribution in [0.5, 0.6) is 0 Å². The Kier molecular flexibility index (Phi) is 6.92. The van der Waals surface area contributed by atoms with Gasteiger partial charge in [0, 0.05) is 30.2 Å². The molecule has 33 heavy (non-hydrogen) atoms. The molecule has 0 bridgehead atoms. The molecule has 1 heterocycles. The number of nitrogens with zero attached hydrogens (tertiary/aromatic N) is 2. The maximum atomic E-state index is 13.4. The van der Waals surface area contributed by atoms with Gasteiger partial charge in [-0.15, -0.1) is 0 Å². The minimum atomic E-state index is -4.66. The van der Waals surface area contributed by atoms with E-state index in [2.05, 4.69) is 15.7 Å². The van der Waals surface area contributed by atoms with Crippen molar-refractivity contribution in [3.05, 3.63) is 81.8 Å². The highest BCUT2D eigenvalue weighted by Crippen LogP contribution is 2.33. The normalized spacial score (nSPS) is 11.2. The van der Waals surface area contributed by atoms with Gasteiger partial charge in [0.2, 0.25) is 11.3 Å². The van der Waals surface area contributed by atoms with Crippen LogP contribution in [0.2, 0.25) is 0 Å². The van der Waals surface area contributed by atoms with Crippen molar-refractivity contribution in [3.63, 3.8) is 0 Å². The summed E-state index contributed by atoms with van der Waals surface area (Å²) < 4.78 is 45.9. The molecule has 3 aromatic rings. The van der Waals surface area contributed by atoms with Gasteiger partial charge >= 0.3 is 6.18 Å². The Morgan fingerprint density at radius 3 is 2.24 bits per heavy atom. The molecule has 3 rings (SSSR count). The molecular weight excluding hydrogens is 441 g/mol. The molecule has 0 unspecified atom stereocenters. The SMILES string of the molecule is COCC(=O)Nc1ccc(NC(=O)c2nn(-c3ccccc3C(F)(F)F)c(C)cc2=O)cc1. The van der Waals surface area contributed by atoms with E-state index in [1.807, 2.05) is 0 Å². The number of anilines is 2. The van der Waals surface area contributed by atoms with Gasteiger partial charge in [-0.1, -0.05) is 12.1 Å². The van der Waals surface area contributed by atoms with Crippen molar-refractivity contribution in [1.29, 1.82) is 0 Å². The number of benzene rings is 2. The van der Waals surface area contributed by atoms with E-state index in [0.717, 1.165) is 16.8 Å². The van der Waals surface area contributed by atoms with Crippen molar-refractivity contribution in [2.75, 3.05) is 24.4 Å². The zero-order valence-corrected chi connectivity index (χ0v) is 17.6. The first-order valence-electron chi connectivity index (χ1n) is 9.58. The summed E-state index contributed by atoms with van der Waals surface area (Å²) in [5.41, 5.74) is -1.72. The Labute approximate surface area is 186 Å². The van der Waals surface area contributed by atoms with Crippen LogP contribution in [0.3, 0.4) is 0 Å². The van der Waals surface area contributed by atoms with Crippen LogP contribution in [-0.4, -0.2) is 35.3 Å². The lowest BCUT2D eigenvalue weighted by atomic mass is 10.1. The minimum Gasteiger partial charge on any atom is -0.375 e. The third kappa shape index (κ3) is 5.63. The number of ether oxygens (including phenoxy) is 1. The van der Waals surface area contributed by atoms with Crippen molar-refractivity contribution in [3.8, 4) is 5.69 Å². The molecule has 2 amide bonds. The number of halogens is 3. The fraction of sp³-hybridized carbons (Fsp3) is 0.182. The second-order valence-corrected chi connectivity index (χ2v) is 6.94. The van der Waals surface area contributed by atoms with Crippen LogP contribution in [0.15, 0.2) is 59.4 Å². The van der Waals surface area contributed by atoms with Crippen LogP contribution in [0.4, 0.5) is 24.5 Å². The molecule has 11 heteroatoms. The van der Waals surface area contributed by atoms with Gasteiger partial charge in [-0.25, -0.2) is 4.68 Å². The summed E-state index contributed by atoms with van der Waals surface area (Å²) in [6.07, 6.45) is -4.66. The fourth-order valence-electron chi connectivity index (χ4n) is 3.00. The van der Waals surface area contributed by atoms with Crippen molar-refractivity contribution in [2.45, 2.75) is 13.1 Å². The molecule has 0 aliphatic rings. The van der Waals surface area contributed by atoms with Crippen LogP contribution >= 0.6 is 0 Å². The van der Waals surface area contributed by atoms with E-state index in [1.165, 1.54) is 56.5 Å². The number of hydrogen-bond acceptors (Lipinski definition) is 5. The van der Waals surface area contributed by atoms with Crippen molar-refractivity contribution in [1.82, 2.24) is 9.78 Å². The lowest BCUT2D eigenvalue weighted by Gasteiger charge is -2.16. The molecule has 0 spiro atoms. The highest BCUT2D eigenvalue weighted by atomic mass is 19.4. The molecule has 0 aliphatic carbocycles. The number of aromatic nitrogens is 2. The van der Waals surface area contributed by atoms with Crippen LogP contribution in [-0.2, 0) is 15.7 Å². The van der Waals surface area contributed by atoms with Gasteiger partial charge in [-0.3, -0.25) is 14.4 Å². The quantitative estimate of drug-likeness (QED) is 0.587. The highest BCUT2D eigenvalue weighted by Gasteiger charge is 2.34. The number of rotatable bonds is 6. The summed E-state index contributed by atoms with van der Waals surface area (Å²) >= 11 is 0. The van der Waals surface area contributed by atoms with E-state index in [-0.39, 0.29) is 29.6 Å². The van der Waals surface area contributed by atoms with Gasteiger partial charge in [-0.05, 0) is 43.3 Å². The van der Waals surface area contributed by atoms with E-state index in [0.29, 0.717) is 5.69 Å². The fourth-order valence-corrected chi connectivity index (χ4v) is 3.00. The molecule has 2 aromatic carbocycles. The Balaban J connectivity index is 1.88. The van der Waals surface area contributed by atoms with Crippen molar-refractivity contribution >= 4 is 23.2 Å². The van der Waals surface area contributed by atoms with Crippen LogP contribution < -0.4 is 16.1 Å². The molecule has 2 N–H and O–H groups in total. The van der Waals surface area contributed by atoms with Gasteiger partial charge < -0.3 is 15.4 Å². The first kappa shape index (κ1) is 23.7. The molecule has 0 radical (unpaired) electrons. The van der Waals surface area contributed by atoms with Crippen LogP contribution in [0.25, 0.3) is 5.69 Å². The highest BCUT2D eigenvalue weighted by molar-refractivity contribution is 6.03. The largest absolute Gasteiger partial charge is 0.418 e. The third-order valence-corrected chi connectivity index (χ3v) is 4.46. The molecule has 8 nitrogen and oxygen atoms in total. The molecule has 0 fully saturated rings. The second kappa shape index (κ2) is 9.65. The number of amides is 2. The minimum absolute atomic E-state index is 0.124. The van der Waals surface area contributed by atoms with Gasteiger partial charge in [0.05, 0.1) is 11.3 Å². The molecule has 1 aromatic heterocycles. The topological polar surface area (TPSA) is 102 Å². The maximum absolute atomic E-state index is 13.4. The number of para-hydroxylation sites is 1. The third-order valence-electron chi connectivity index (χ3n) is 4.46. The Hall–Kier alpha value is -3.99. The van der Waals surface area contributed by atoms with E-state index >= 15 is 0 Å². The zero-order chi connectivity index (χ0) is 24.2. The zero-order valence-electron chi connectivity index (χ0n) is 17.6. The van der Waals surface area contributed by atoms with E-state index in [4.69, 9.17) is 4.74 Å². The predicted octanol–water partition coefficient (Wildman–Crippen LogP) is 3.40. The smallest absolute Gasteiger partial charge is 0.375 e.